The molecule has 7 heteroatoms. The molecular formula is C12H19N3O4. The number of methoxy groups -OCH3 is 1. The number of aromatic nitrogens is 1. The van der Waals surface area contributed by atoms with E-state index in [9.17, 15) is 9.90 Å². The van der Waals surface area contributed by atoms with Crippen LogP contribution in [0.1, 0.15) is 26.5 Å². The standard InChI is InChI=1S/C12H19N3O4/c1-12(2,3)7-6-8(13-19-7)15-9(16)10(18-5)14(4)11(15)17/h6,9-10,16H,1-5H3. The van der Waals surface area contributed by atoms with Gasteiger partial charge in [-0.15, -0.1) is 0 Å². The van der Waals surface area contributed by atoms with Crippen LogP contribution in [0, 0.1) is 0 Å². The van der Waals surface area contributed by atoms with Crippen LogP contribution in [0.2, 0.25) is 0 Å². The number of urea groups is 1. The number of amides is 2. The number of rotatable bonds is 2. The van der Waals surface area contributed by atoms with E-state index < -0.39 is 12.5 Å². The van der Waals surface area contributed by atoms with E-state index in [0.29, 0.717) is 5.76 Å². The number of aliphatic hydroxyl groups is 1. The molecular weight excluding hydrogens is 250 g/mol. The molecule has 0 aliphatic carbocycles. The first-order valence-corrected chi connectivity index (χ1v) is 6.01. The summed E-state index contributed by atoms with van der Waals surface area (Å²) in [6, 6.07) is 1.28. The van der Waals surface area contributed by atoms with E-state index in [4.69, 9.17) is 9.26 Å². The summed E-state index contributed by atoms with van der Waals surface area (Å²) in [4.78, 5) is 14.5. The van der Waals surface area contributed by atoms with E-state index in [2.05, 4.69) is 5.16 Å². The highest BCUT2D eigenvalue weighted by Crippen LogP contribution is 2.30. The summed E-state index contributed by atoms with van der Waals surface area (Å²) in [5.41, 5.74) is -0.217. The second-order valence-corrected chi connectivity index (χ2v) is 5.60. The molecule has 2 heterocycles. The van der Waals surface area contributed by atoms with E-state index in [0.717, 1.165) is 4.90 Å². The molecule has 1 saturated heterocycles. The van der Waals surface area contributed by atoms with Gasteiger partial charge in [0.25, 0.3) is 0 Å². The Hall–Kier alpha value is -1.60. The third kappa shape index (κ3) is 2.19. The number of carbonyl (C=O) groups is 1. The van der Waals surface area contributed by atoms with Gasteiger partial charge in [-0.05, 0) is 0 Å². The average Bonchev–Trinajstić information content (AvgIpc) is 2.85. The molecule has 2 atom stereocenters. The lowest BCUT2D eigenvalue weighted by molar-refractivity contribution is -0.0491. The largest absolute Gasteiger partial charge is 0.369 e. The smallest absolute Gasteiger partial charge is 0.330 e. The van der Waals surface area contributed by atoms with Gasteiger partial charge in [0.2, 0.25) is 0 Å². The molecule has 1 aromatic heterocycles. The van der Waals surface area contributed by atoms with Crippen LogP contribution in [0.25, 0.3) is 0 Å². The topological polar surface area (TPSA) is 79.0 Å². The number of hydrogen-bond acceptors (Lipinski definition) is 5. The summed E-state index contributed by atoms with van der Waals surface area (Å²) >= 11 is 0. The first-order chi connectivity index (χ1) is 8.77. The fourth-order valence-electron chi connectivity index (χ4n) is 1.97. The Morgan fingerprint density at radius 2 is 2.11 bits per heavy atom. The lowest BCUT2D eigenvalue weighted by Gasteiger charge is -2.18. The van der Waals surface area contributed by atoms with Gasteiger partial charge in [-0.3, -0.25) is 4.90 Å². The van der Waals surface area contributed by atoms with Crippen molar-refractivity contribution in [3.63, 3.8) is 0 Å². The maximum absolute atomic E-state index is 12.1. The predicted octanol–water partition coefficient (Wildman–Crippen LogP) is 1.13. The van der Waals surface area contributed by atoms with Gasteiger partial charge in [-0.1, -0.05) is 25.9 Å². The zero-order valence-corrected chi connectivity index (χ0v) is 11.7. The Morgan fingerprint density at radius 3 is 2.53 bits per heavy atom. The van der Waals surface area contributed by atoms with Crippen molar-refractivity contribution in [3.05, 3.63) is 11.8 Å². The van der Waals surface area contributed by atoms with Gasteiger partial charge < -0.3 is 14.4 Å². The van der Waals surface area contributed by atoms with Gasteiger partial charge in [0.05, 0.1) is 0 Å². The monoisotopic (exact) mass is 269 g/mol. The van der Waals surface area contributed by atoms with Crippen molar-refractivity contribution in [1.29, 1.82) is 0 Å². The second kappa shape index (κ2) is 4.50. The molecule has 0 radical (unpaired) electrons. The van der Waals surface area contributed by atoms with Crippen LogP contribution in [0.5, 0.6) is 0 Å². The Labute approximate surface area is 111 Å². The summed E-state index contributed by atoms with van der Waals surface area (Å²) in [6.45, 7) is 5.93. The van der Waals surface area contributed by atoms with Crippen LogP contribution < -0.4 is 4.90 Å². The van der Waals surface area contributed by atoms with Crippen LogP contribution in [0.4, 0.5) is 10.6 Å². The Bertz CT molecular complexity index is 480. The van der Waals surface area contributed by atoms with Gasteiger partial charge in [0.1, 0.15) is 5.76 Å². The van der Waals surface area contributed by atoms with Crippen molar-refractivity contribution < 1.29 is 19.2 Å². The molecule has 1 aromatic rings. The molecule has 1 aliphatic heterocycles. The highest BCUT2D eigenvalue weighted by Gasteiger charge is 2.45. The molecule has 106 valence electrons. The molecule has 1 N–H and O–H groups in total. The molecule has 2 unspecified atom stereocenters. The van der Waals surface area contributed by atoms with Crippen molar-refractivity contribution in [2.45, 2.75) is 38.6 Å². The number of aliphatic hydroxyl groups excluding tert-OH is 1. The zero-order chi connectivity index (χ0) is 14.4. The predicted molar refractivity (Wildman–Crippen MR) is 67.6 cm³/mol. The van der Waals surface area contributed by atoms with Crippen LogP contribution in [0.3, 0.4) is 0 Å². The highest BCUT2D eigenvalue weighted by atomic mass is 16.5. The fourth-order valence-corrected chi connectivity index (χ4v) is 1.97. The SMILES string of the molecule is COC1C(O)N(c2cc(C(C)(C)C)on2)C(=O)N1C. The number of nitrogens with zero attached hydrogens (tertiary/aromatic N) is 3. The van der Waals surface area contributed by atoms with E-state index in [1.54, 1.807) is 13.1 Å². The Kier molecular flexibility index (Phi) is 3.27. The minimum atomic E-state index is -1.11. The fraction of sp³-hybridized carbons (Fsp3) is 0.667. The second-order valence-electron chi connectivity index (χ2n) is 5.60. The quantitative estimate of drug-likeness (QED) is 0.870. The number of hydrogen-bond donors (Lipinski definition) is 1. The van der Waals surface area contributed by atoms with Crippen molar-refractivity contribution in [2.75, 3.05) is 19.1 Å². The molecule has 1 fully saturated rings. The van der Waals surface area contributed by atoms with Crippen molar-refractivity contribution >= 4 is 11.8 Å². The first-order valence-electron chi connectivity index (χ1n) is 6.01. The van der Waals surface area contributed by atoms with Crippen LogP contribution in [-0.4, -0.2) is 47.8 Å². The average molecular weight is 269 g/mol. The molecule has 7 nitrogen and oxygen atoms in total. The number of ether oxygens (including phenoxy) is 1. The van der Waals surface area contributed by atoms with Crippen LogP contribution in [-0.2, 0) is 10.2 Å². The Balaban J connectivity index is 2.32. The molecule has 19 heavy (non-hydrogen) atoms. The summed E-state index contributed by atoms with van der Waals surface area (Å²) < 4.78 is 10.3. The lowest BCUT2D eigenvalue weighted by Crippen LogP contribution is -2.37. The maximum Gasteiger partial charge on any atom is 0.330 e. The molecule has 1 aliphatic rings. The number of anilines is 1. The number of likely N-dealkylation sites (N-methyl/N-ethyl adjacent to an activating group) is 1. The van der Waals surface area contributed by atoms with Gasteiger partial charge >= 0.3 is 6.03 Å². The third-order valence-corrected chi connectivity index (χ3v) is 3.13. The summed E-state index contributed by atoms with van der Waals surface area (Å²) in [6.07, 6.45) is -1.83. The third-order valence-electron chi connectivity index (χ3n) is 3.13. The Morgan fingerprint density at radius 1 is 1.47 bits per heavy atom. The molecule has 2 amide bonds. The minimum absolute atomic E-state index is 0.217. The van der Waals surface area contributed by atoms with Crippen molar-refractivity contribution in [2.24, 2.45) is 0 Å². The van der Waals surface area contributed by atoms with Crippen molar-refractivity contribution in [1.82, 2.24) is 10.1 Å². The van der Waals surface area contributed by atoms with Crippen LogP contribution >= 0.6 is 0 Å². The maximum atomic E-state index is 12.1. The van der Waals surface area contributed by atoms with Gasteiger partial charge in [0, 0.05) is 25.6 Å². The molecule has 2 rings (SSSR count). The molecule has 0 spiro atoms. The normalized spacial score (nSPS) is 24.4. The summed E-state index contributed by atoms with van der Waals surface area (Å²) in [7, 11) is 3.00. The summed E-state index contributed by atoms with van der Waals surface area (Å²) in [5.74, 6) is 0.930. The van der Waals surface area contributed by atoms with E-state index in [1.165, 1.54) is 12.0 Å². The van der Waals surface area contributed by atoms with Gasteiger partial charge in [0.15, 0.2) is 18.3 Å². The van der Waals surface area contributed by atoms with E-state index >= 15 is 0 Å². The zero-order valence-electron chi connectivity index (χ0n) is 11.7. The van der Waals surface area contributed by atoms with Crippen LogP contribution in [0.15, 0.2) is 10.6 Å². The van der Waals surface area contributed by atoms with E-state index in [1.807, 2.05) is 20.8 Å². The molecule has 0 bridgehead atoms. The molecule has 0 saturated carbocycles. The van der Waals surface area contributed by atoms with Crippen molar-refractivity contribution in [3.8, 4) is 0 Å². The highest BCUT2D eigenvalue weighted by molar-refractivity contribution is 5.93. The summed E-state index contributed by atoms with van der Waals surface area (Å²) in [5, 5.41) is 14.0. The minimum Gasteiger partial charge on any atom is -0.369 e. The lowest BCUT2D eigenvalue weighted by atomic mass is 9.93. The molecule has 0 aromatic carbocycles. The number of carbonyl (C=O) groups excluding carboxylic acids is 1. The first kappa shape index (κ1) is 13.8. The van der Waals surface area contributed by atoms with Gasteiger partial charge in [-0.25, -0.2) is 9.69 Å². The van der Waals surface area contributed by atoms with E-state index in [-0.39, 0.29) is 17.3 Å². The van der Waals surface area contributed by atoms with Gasteiger partial charge in [-0.2, -0.15) is 0 Å².